The van der Waals surface area contributed by atoms with E-state index in [4.69, 9.17) is 15.6 Å². The zero-order chi connectivity index (χ0) is 24.3. The summed E-state index contributed by atoms with van der Waals surface area (Å²) < 4.78 is 5.11. The van der Waals surface area contributed by atoms with Crippen molar-refractivity contribution in [2.75, 3.05) is 52.9 Å². The van der Waals surface area contributed by atoms with Gasteiger partial charge in [-0.05, 0) is 82.6 Å². The number of unbranched alkanes of at least 4 members (excludes halogenated alkanes) is 1. The lowest BCUT2D eigenvalue weighted by molar-refractivity contribution is -0.141. The Balaban J connectivity index is 0.000000502. The predicted octanol–water partition coefficient (Wildman–Crippen LogP) is 0.191. The van der Waals surface area contributed by atoms with Crippen molar-refractivity contribution < 1.29 is 24.5 Å². The van der Waals surface area contributed by atoms with Crippen molar-refractivity contribution in [3.63, 3.8) is 0 Å². The highest BCUT2D eigenvalue weighted by Gasteiger charge is 2.29. The fourth-order valence-corrected chi connectivity index (χ4v) is 3.20. The van der Waals surface area contributed by atoms with Crippen molar-refractivity contribution in [2.24, 2.45) is 5.73 Å². The summed E-state index contributed by atoms with van der Waals surface area (Å²) in [6.07, 6.45) is 4.91. The first-order valence-corrected chi connectivity index (χ1v) is 11.7. The quantitative estimate of drug-likeness (QED) is 0.132. The van der Waals surface area contributed by atoms with Crippen molar-refractivity contribution >= 4 is 11.8 Å². The number of Topliss-reactive ketones (excluding diaryl/α,β-unsaturated/α-hetero) is 1. The van der Waals surface area contributed by atoms with Gasteiger partial charge in [0, 0.05) is 19.5 Å². The van der Waals surface area contributed by atoms with Crippen LogP contribution in [-0.2, 0) is 16.1 Å². The van der Waals surface area contributed by atoms with Crippen LogP contribution in [0.5, 0.6) is 11.5 Å². The number of aliphatic carboxylic acids is 1. The topological polar surface area (TPSA) is 158 Å². The van der Waals surface area contributed by atoms with Gasteiger partial charge in [0.1, 0.15) is 0 Å². The Kier molecular flexibility index (Phi) is 15.9. The minimum atomic E-state index is -1.07. The molecule has 1 aromatic carbocycles. The number of aromatic hydroxyl groups is 1. The molecule has 188 valence electrons. The largest absolute Gasteiger partial charge is 0.504 e. The molecule has 1 heterocycles. The first-order chi connectivity index (χ1) is 16.0. The van der Waals surface area contributed by atoms with E-state index in [0.29, 0.717) is 18.7 Å². The van der Waals surface area contributed by atoms with Gasteiger partial charge >= 0.3 is 5.97 Å². The molecule has 0 aromatic heterocycles. The van der Waals surface area contributed by atoms with Crippen molar-refractivity contribution in [1.82, 2.24) is 21.3 Å². The molecule has 1 aromatic rings. The second-order valence-corrected chi connectivity index (χ2v) is 7.83. The zero-order valence-electron chi connectivity index (χ0n) is 19.7. The number of ether oxygens (including phenoxy) is 1. The molecule has 10 heteroatoms. The summed E-state index contributed by atoms with van der Waals surface area (Å²) in [7, 11) is 1.56. The molecule has 1 unspecified atom stereocenters. The van der Waals surface area contributed by atoms with Crippen LogP contribution < -0.4 is 31.7 Å². The Morgan fingerprint density at radius 3 is 2.27 bits per heavy atom. The Hall–Kier alpha value is -2.24. The number of nitrogens with one attached hydrogen (secondary N) is 4. The third kappa shape index (κ3) is 13.2. The van der Waals surface area contributed by atoms with Gasteiger partial charge in [-0.3, -0.25) is 14.9 Å². The van der Waals surface area contributed by atoms with E-state index in [-0.39, 0.29) is 11.5 Å². The number of phenols is 1. The summed E-state index contributed by atoms with van der Waals surface area (Å²) in [6.45, 7) is 7.24. The van der Waals surface area contributed by atoms with Crippen LogP contribution in [0.1, 0.15) is 37.7 Å². The van der Waals surface area contributed by atoms with Gasteiger partial charge in [-0.1, -0.05) is 6.07 Å². The van der Waals surface area contributed by atoms with Gasteiger partial charge in [0.25, 0.3) is 0 Å². The number of methoxy groups -OCH3 is 1. The number of benzene rings is 1. The van der Waals surface area contributed by atoms with Gasteiger partial charge in [-0.2, -0.15) is 0 Å². The number of carbonyl (C=O) groups is 2. The highest BCUT2D eigenvalue weighted by atomic mass is 16.5. The first-order valence-electron chi connectivity index (χ1n) is 11.7. The molecule has 0 bridgehead atoms. The van der Waals surface area contributed by atoms with E-state index in [2.05, 4.69) is 21.3 Å². The summed E-state index contributed by atoms with van der Waals surface area (Å²) in [5.74, 6) is -0.589. The second kappa shape index (κ2) is 18.2. The normalized spacial score (nSPS) is 15.2. The lowest BCUT2D eigenvalue weighted by atomic mass is 10.2. The smallest absolute Gasteiger partial charge is 0.328 e. The third-order valence-corrected chi connectivity index (χ3v) is 5.08. The summed E-state index contributed by atoms with van der Waals surface area (Å²) >= 11 is 0. The highest BCUT2D eigenvalue weighted by Crippen LogP contribution is 2.26. The molecule has 1 fully saturated rings. The second-order valence-electron chi connectivity index (χ2n) is 7.83. The number of ketones is 1. The molecule has 1 aliphatic heterocycles. The van der Waals surface area contributed by atoms with Crippen LogP contribution in [0.25, 0.3) is 0 Å². The maximum Gasteiger partial charge on any atom is 0.328 e. The summed E-state index contributed by atoms with van der Waals surface area (Å²) in [6, 6.07) is 4.50. The minimum absolute atomic E-state index is 0.181. The number of carboxylic acids is 1. The van der Waals surface area contributed by atoms with Crippen molar-refractivity contribution in [3.05, 3.63) is 23.8 Å². The molecule has 0 aliphatic carbocycles. The molecule has 0 amide bonds. The van der Waals surface area contributed by atoms with Crippen molar-refractivity contribution in [3.8, 4) is 11.5 Å². The third-order valence-electron chi connectivity index (χ3n) is 5.08. The van der Waals surface area contributed by atoms with Crippen molar-refractivity contribution in [2.45, 2.75) is 44.7 Å². The fourth-order valence-electron chi connectivity index (χ4n) is 3.20. The lowest BCUT2D eigenvalue weighted by Crippen LogP contribution is -2.35. The van der Waals surface area contributed by atoms with Crippen LogP contribution in [0.4, 0.5) is 0 Å². The van der Waals surface area contributed by atoms with Crippen LogP contribution in [0.3, 0.4) is 0 Å². The number of carboxylic acid groups (broad SMARTS) is 1. The standard InChI is InChI=1S/C18H34N4O2.C5H7NO3/c1-24-18-14-16(6-7-17(18)23)15-22-13-5-12-21-10-3-2-9-20-11-4-8-19;7-3-1-2-6-4(3)5(8)9/h6-7,14,20-23H,2-5,8-13,15,19H2,1H3;4,6H,1-2H2,(H,8,9). The van der Waals surface area contributed by atoms with Crippen LogP contribution >= 0.6 is 0 Å². The van der Waals surface area contributed by atoms with Crippen LogP contribution in [0.15, 0.2) is 18.2 Å². The number of hydrogen-bond donors (Lipinski definition) is 7. The monoisotopic (exact) mass is 467 g/mol. The Labute approximate surface area is 196 Å². The molecule has 1 atom stereocenters. The minimum Gasteiger partial charge on any atom is -0.504 e. The summed E-state index contributed by atoms with van der Waals surface area (Å²) in [5, 5.41) is 30.7. The summed E-state index contributed by atoms with van der Waals surface area (Å²) in [4.78, 5) is 20.7. The van der Waals surface area contributed by atoms with E-state index in [1.165, 1.54) is 12.8 Å². The molecule has 0 radical (unpaired) electrons. The maximum absolute atomic E-state index is 10.6. The maximum atomic E-state index is 10.6. The number of rotatable bonds is 16. The SMILES string of the molecule is COc1cc(CNCCCNCCCCNCCCN)ccc1O.O=C(O)C1NCCC1=O. The van der Waals surface area contributed by atoms with E-state index in [1.54, 1.807) is 13.2 Å². The van der Waals surface area contributed by atoms with Gasteiger partial charge in [0.2, 0.25) is 0 Å². The average Bonchev–Trinajstić information content (AvgIpc) is 3.24. The average molecular weight is 468 g/mol. The predicted molar refractivity (Wildman–Crippen MR) is 129 cm³/mol. The van der Waals surface area contributed by atoms with E-state index in [9.17, 15) is 14.7 Å². The van der Waals surface area contributed by atoms with E-state index in [1.807, 2.05) is 12.1 Å². The molecule has 2 rings (SSSR count). The molecular formula is C23H41N5O5. The van der Waals surface area contributed by atoms with Gasteiger partial charge in [-0.25, -0.2) is 0 Å². The van der Waals surface area contributed by atoms with Gasteiger partial charge in [0.05, 0.1) is 7.11 Å². The highest BCUT2D eigenvalue weighted by molar-refractivity contribution is 6.03. The fraction of sp³-hybridized carbons (Fsp3) is 0.652. The van der Waals surface area contributed by atoms with E-state index in [0.717, 1.165) is 64.2 Å². The van der Waals surface area contributed by atoms with Crippen molar-refractivity contribution in [1.29, 1.82) is 0 Å². The number of carbonyl (C=O) groups excluding carboxylic acids is 1. The molecular weight excluding hydrogens is 426 g/mol. The molecule has 1 aliphatic rings. The molecule has 33 heavy (non-hydrogen) atoms. The Morgan fingerprint density at radius 2 is 1.73 bits per heavy atom. The number of phenolic OH excluding ortho intramolecular Hbond substituents is 1. The Bertz CT molecular complexity index is 689. The summed E-state index contributed by atoms with van der Waals surface area (Å²) in [5.41, 5.74) is 6.55. The van der Waals surface area contributed by atoms with Crippen LogP contribution in [0, 0.1) is 0 Å². The molecule has 0 spiro atoms. The first kappa shape index (κ1) is 28.8. The number of hydrogen-bond acceptors (Lipinski definition) is 9. The lowest BCUT2D eigenvalue weighted by Gasteiger charge is -2.09. The van der Waals surface area contributed by atoms with Gasteiger partial charge in [0.15, 0.2) is 23.3 Å². The molecule has 0 saturated carbocycles. The van der Waals surface area contributed by atoms with E-state index >= 15 is 0 Å². The van der Waals surface area contributed by atoms with Gasteiger partial charge in [-0.15, -0.1) is 0 Å². The molecule has 1 saturated heterocycles. The molecule has 10 nitrogen and oxygen atoms in total. The zero-order valence-corrected chi connectivity index (χ0v) is 19.7. The van der Waals surface area contributed by atoms with Crippen LogP contribution in [-0.4, -0.2) is 80.9 Å². The van der Waals surface area contributed by atoms with Crippen LogP contribution in [0.2, 0.25) is 0 Å². The number of nitrogens with two attached hydrogens (primary N) is 1. The molecule has 8 N–H and O–H groups in total. The van der Waals surface area contributed by atoms with E-state index < -0.39 is 12.0 Å². The van der Waals surface area contributed by atoms with Gasteiger partial charge < -0.3 is 36.6 Å². The Morgan fingerprint density at radius 1 is 1.09 bits per heavy atom.